The molecule has 0 aliphatic rings. The third kappa shape index (κ3) is 11.8. The van der Waals surface area contributed by atoms with Crippen molar-refractivity contribution in [2.75, 3.05) is 13.2 Å². The molecule has 0 saturated carbocycles. The number of ether oxygens (including phenoxy) is 4. The molecule has 0 N–H and O–H groups in total. The highest BCUT2D eigenvalue weighted by Gasteiger charge is 2.84. The Hall–Kier alpha value is -4.83. The molecule has 0 radical (unpaired) electrons. The van der Waals surface area contributed by atoms with Gasteiger partial charge in [0.1, 0.15) is 5.75 Å². The van der Waals surface area contributed by atoms with Crippen molar-refractivity contribution >= 4 is 17.9 Å². The van der Waals surface area contributed by atoms with Gasteiger partial charge in [-0.1, -0.05) is 50.5 Å². The summed E-state index contributed by atoms with van der Waals surface area (Å²) in [4.78, 5) is 36.4. The summed E-state index contributed by atoms with van der Waals surface area (Å²) in [5.41, 5.74) is 1.60. The molecule has 17 heteroatoms. The van der Waals surface area contributed by atoms with Crippen LogP contribution in [0.1, 0.15) is 92.4 Å². The van der Waals surface area contributed by atoms with Crippen LogP contribution in [0.5, 0.6) is 11.5 Å². The Balaban J connectivity index is 1.39. The third-order valence-corrected chi connectivity index (χ3v) is 8.39. The summed E-state index contributed by atoms with van der Waals surface area (Å²) in [6.07, 6.45) is -1.76. The number of alkyl halides is 9. The van der Waals surface area contributed by atoms with E-state index in [9.17, 15) is 58.3 Å². The van der Waals surface area contributed by atoms with Gasteiger partial charge < -0.3 is 18.9 Å². The van der Waals surface area contributed by atoms with Gasteiger partial charge in [0.15, 0.2) is 11.6 Å². The molecule has 3 aromatic rings. The largest absolute Gasteiger partial charge is 0.494 e. The van der Waals surface area contributed by atoms with Gasteiger partial charge in [-0.15, -0.1) is 0 Å². The van der Waals surface area contributed by atoms with E-state index in [1.807, 2.05) is 0 Å². The van der Waals surface area contributed by atoms with Crippen molar-refractivity contribution in [1.82, 2.24) is 0 Å². The Labute approximate surface area is 316 Å². The topological polar surface area (TPSA) is 88.1 Å². The van der Waals surface area contributed by atoms with Crippen LogP contribution >= 0.6 is 0 Å². The van der Waals surface area contributed by atoms with Crippen LogP contribution in [0.2, 0.25) is 0 Å². The van der Waals surface area contributed by atoms with Gasteiger partial charge in [0.2, 0.25) is 0 Å². The summed E-state index contributed by atoms with van der Waals surface area (Å²) in [7, 11) is 0. The Kier molecular flexibility index (Phi) is 16.1. The van der Waals surface area contributed by atoms with Crippen LogP contribution < -0.4 is 9.47 Å². The molecule has 1 atom stereocenters. The lowest BCUT2D eigenvalue weighted by atomic mass is 10.0. The predicted molar refractivity (Wildman–Crippen MR) is 183 cm³/mol. The number of benzene rings is 3. The van der Waals surface area contributed by atoms with E-state index in [0.717, 1.165) is 42.9 Å². The fraction of sp³-hybridized carbons (Fsp3) is 0.462. The lowest BCUT2D eigenvalue weighted by molar-refractivity contribution is -0.390. The second-order valence-corrected chi connectivity index (χ2v) is 12.8. The molecule has 3 rings (SSSR count). The Morgan fingerprint density at radius 1 is 0.643 bits per heavy atom. The van der Waals surface area contributed by atoms with Gasteiger partial charge in [0, 0.05) is 0 Å². The molecule has 7 nitrogen and oxygen atoms in total. The van der Waals surface area contributed by atoms with Gasteiger partial charge in [-0.3, -0.25) is 0 Å². The average Bonchev–Trinajstić information content (AvgIpc) is 3.14. The molecule has 308 valence electrons. The molecule has 0 bridgehead atoms. The molecule has 0 spiro atoms. The lowest BCUT2D eigenvalue weighted by Gasteiger charge is -2.32. The van der Waals surface area contributed by atoms with E-state index in [2.05, 4.69) is 11.7 Å². The Morgan fingerprint density at radius 3 is 1.77 bits per heavy atom. The first-order chi connectivity index (χ1) is 26.2. The number of unbranched alkanes of at least 4 members (excludes halogenated alkanes) is 6. The minimum absolute atomic E-state index is 0.0113. The van der Waals surface area contributed by atoms with Gasteiger partial charge in [-0.25, -0.2) is 18.8 Å². The first-order valence-electron chi connectivity index (χ1n) is 17.7. The van der Waals surface area contributed by atoms with Gasteiger partial charge in [0.05, 0.1) is 30.4 Å². The van der Waals surface area contributed by atoms with Crippen LogP contribution in [0.25, 0.3) is 11.1 Å². The molecular formula is C39H40F10O7. The summed E-state index contributed by atoms with van der Waals surface area (Å²) in [6, 6.07) is 16.5. The molecule has 0 aliphatic carbocycles. The molecular weight excluding hydrogens is 770 g/mol. The monoisotopic (exact) mass is 810 g/mol. The zero-order chi connectivity index (χ0) is 41.7. The molecule has 0 fully saturated rings. The average molecular weight is 811 g/mol. The first kappa shape index (κ1) is 45.6. The molecule has 0 aliphatic heterocycles. The van der Waals surface area contributed by atoms with Crippen molar-refractivity contribution in [3.63, 3.8) is 0 Å². The van der Waals surface area contributed by atoms with E-state index in [4.69, 9.17) is 14.2 Å². The number of halogens is 10. The number of carbonyl (C=O) groups is 3. The summed E-state index contributed by atoms with van der Waals surface area (Å²) >= 11 is 0. The SMILES string of the molecule is CCCCCC[C@H](C)OC(=O)c1ccc(OC(=O)c2ccc(-c3ccc(OCCCCCCOC(=O)C(F)(F)C(F)(F)C(F)(F)C(F)(F)F)cc3)cc2)c(F)c1. The highest BCUT2D eigenvalue weighted by molar-refractivity contribution is 5.92. The number of hydrogen-bond acceptors (Lipinski definition) is 7. The number of esters is 3. The zero-order valence-corrected chi connectivity index (χ0v) is 30.3. The fourth-order valence-corrected chi connectivity index (χ4v) is 5.09. The van der Waals surface area contributed by atoms with E-state index >= 15 is 0 Å². The standard InChI is InChI=1S/C39H40F10O7/c1-3-4-5-8-11-25(2)55-34(51)29-18-21-32(31(40)24-29)56-33(50)28-14-12-26(13-15-28)27-16-19-30(20-17-27)53-22-9-6-7-10-23-54-35(52)36(41,42)37(43,44)38(45,46)39(47,48)49/h12-21,24-25H,3-11,22-23H2,1-2H3/t25-/m0/s1. The second kappa shape index (κ2) is 19.9. The summed E-state index contributed by atoms with van der Waals surface area (Å²) in [6.45, 7) is 3.13. The Morgan fingerprint density at radius 2 is 1.20 bits per heavy atom. The van der Waals surface area contributed by atoms with Crippen molar-refractivity contribution in [2.24, 2.45) is 0 Å². The normalized spacial score (nSPS) is 12.9. The molecule has 0 heterocycles. The molecule has 0 amide bonds. The lowest BCUT2D eigenvalue weighted by Crippen LogP contribution is -2.63. The zero-order valence-electron chi connectivity index (χ0n) is 30.3. The van der Waals surface area contributed by atoms with Crippen LogP contribution in [-0.2, 0) is 14.3 Å². The van der Waals surface area contributed by atoms with Crippen molar-refractivity contribution in [1.29, 1.82) is 0 Å². The minimum atomic E-state index is -7.18. The van der Waals surface area contributed by atoms with Crippen LogP contribution in [-0.4, -0.2) is 61.2 Å². The number of carbonyl (C=O) groups excluding carboxylic acids is 3. The highest BCUT2D eigenvalue weighted by Crippen LogP contribution is 2.53. The second-order valence-electron chi connectivity index (χ2n) is 12.8. The number of rotatable bonds is 21. The van der Waals surface area contributed by atoms with Crippen molar-refractivity contribution in [2.45, 2.75) is 102 Å². The first-order valence-corrected chi connectivity index (χ1v) is 17.7. The summed E-state index contributed by atoms with van der Waals surface area (Å²) in [5.74, 6) is -26.2. The van der Waals surface area contributed by atoms with Crippen LogP contribution in [0.3, 0.4) is 0 Å². The van der Waals surface area contributed by atoms with E-state index in [1.165, 1.54) is 24.3 Å². The maximum atomic E-state index is 14.7. The van der Waals surface area contributed by atoms with Crippen LogP contribution in [0, 0.1) is 5.82 Å². The van der Waals surface area contributed by atoms with Gasteiger partial charge in [-0.2, -0.15) is 39.5 Å². The maximum absolute atomic E-state index is 14.7. The van der Waals surface area contributed by atoms with Crippen molar-refractivity contribution in [3.05, 3.63) is 83.7 Å². The molecule has 0 aromatic heterocycles. The highest BCUT2D eigenvalue weighted by atomic mass is 19.4. The van der Waals surface area contributed by atoms with Crippen molar-refractivity contribution < 1.29 is 77.2 Å². The van der Waals surface area contributed by atoms with E-state index in [1.54, 1.807) is 43.3 Å². The van der Waals surface area contributed by atoms with Gasteiger partial charge in [-0.05, 0) is 99.0 Å². The maximum Gasteiger partial charge on any atom is 0.460 e. The van der Waals surface area contributed by atoms with E-state index in [-0.39, 0.29) is 42.4 Å². The van der Waals surface area contributed by atoms with Crippen molar-refractivity contribution in [3.8, 4) is 22.6 Å². The smallest absolute Gasteiger partial charge is 0.460 e. The predicted octanol–water partition coefficient (Wildman–Crippen LogP) is 11.2. The minimum Gasteiger partial charge on any atom is -0.494 e. The fourth-order valence-electron chi connectivity index (χ4n) is 5.09. The van der Waals surface area contributed by atoms with Gasteiger partial charge >= 0.3 is 41.9 Å². The third-order valence-electron chi connectivity index (χ3n) is 8.39. The molecule has 3 aromatic carbocycles. The van der Waals surface area contributed by atoms with Gasteiger partial charge in [0.25, 0.3) is 0 Å². The molecule has 0 unspecified atom stereocenters. The van der Waals surface area contributed by atoms with Crippen LogP contribution in [0.15, 0.2) is 66.7 Å². The van der Waals surface area contributed by atoms with E-state index < -0.39 is 54.3 Å². The summed E-state index contributed by atoms with van der Waals surface area (Å²) in [5, 5.41) is 0. The van der Waals surface area contributed by atoms with Crippen LogP contribution in [0.4, 0.5) is 43.9 Å². The molecule has 0 saturated heterocycles. The number of hydrogen-bond donors (Lipinski definition) is 0. The molecule has 56 heavy (non-hydrogen) atoms. The summed E-state index contributed by atoms with van der Waals surface area (Å²) < 4.78 is 151. The quantitative estimate of drug-likeness (QED) is 0.0458. The Bertz CT molecular complexity index is 1740. The van der Waals surface area contributed by atoms with E-state index in [0.29, 0.717) is 25.0 Å².